The van der Waals surface area contributed by atoms with Crippen LogP contribution in [0.25, 0.3) is 21.5 Å². The number of aryl methyl sites for hydroxylation is 2. The first-order valence-corrected chi connectivity index (χ1v) is 9.16. The number of aromatic nitrogens is 2. The predicted molar refractivity (Wildman–Crippen MR) is 105 cm³/mol. The molecule has 1 N–H and O–H groups in total. The van der Waals surface area contributed by atoms with E-state index in [1.54, 1.807) is 18.4 Å². The summed E-state index contributed by atoms with van der Waals surface area (Å²) in [4.78, 5) is 4.70. The number of hydrogen-bond acceptors (Lipinski definition) is 6. The molecule has 0 amide bonds. The fourth-order valence-electron chi connectivity index (χ4n) is 2.76. The highest BCUT2D eigenvalue weighted by Crippen LogP contribution is 2.30. The van der Waals surface area contributed by atoms with Gasteiger partial charge >= 0.3 is 0 Å². The highest BCUT2D eigenvalue weighted by Gasteiger charge is 2.10. The first-order valence-electron chi connectivity index (χ1n) is 8.34. The molecule has 0 spiro atoms. The van der Waals surface area contributed by atoms with E-state index >= 15 is 0 Å². The maximum atomic E-state index is 5.45. The summed E-state index contributed by atoms with van der Waals surface area (Å²) in [7, 11) is 1.65. The van der Waals surface area contributed by atoms with Gasteiger partial charge in [-0.25, -0.2) is 4.98 Å². The molecule has 0 unspecified atom stereocenters. The number of thiazole rings is 1. The number of fused-ring (bicyclic) bond motifs is 1. The van der Waals surface area contributed by atoms with Gasteiger partial charge in [-0.1, -0.05) is 22.6 Å². The fourth-order valence-corrected chi connectivity index (χ4v) is 3.68. The van der Waals surface area contributed by atoms with Gasteiger partial charge in [0.05, 0.1) is 23.9 Å². The van der Waals surface area contributed by atoms with Crippen LogP contribution in [0.3, 0.4) is 0 Å². The van der Waals surface area contributed by atoms with Gasteiger partial charge in [-0.3, -0.25) is 0 Å². The van der Waals surface area contributed by atoms with Gasteiger partial charge in [0.2, 0.25) is 0 Å². The number of benzene rings is 2. The van der Waals surface area contributed by atoms with E-state index in [1.165, 1.54) is 15.8 Å². The number of ether oxygens (including phenoxy) is 1. The second kappa shape index (κ2) is 6.80. The molecule has 0 aliphatic carbocycles. The zero-order chi connectivity index (χ0) is 18.1. The maximum Gasteiger partial charge on any atom is 0.184 e. The Balaban J connectivity index is 1.48. The molecule has 0 saturated carbocycles. The van der Waals surface area contributed by atoms with Crippen molar-refractivity contribution in [1.29, 1.82) is 0 Å². The van der Waals surface area contributed by atoms with Crippen molar-refractivity contribution < 1.29 is 9.26 Å². The number of methoxy groups -OCH3 is 1. The Morgan fingerprint density at radius 3 is 2.69 bits per heavy atom. The minimum Gasteiger partial charge on any atom is -0.497 e. The first-order chi connectivity index (χ1) is 12.6. The van der Waals surface area contributed by atoms with E-state index < -0.39 is 0 Å². The largest absolute Gasteiger partial charge is 0.497 e. The molecular formula is C20H19N3O2S. The highest BCUT2D eigenvalue weighted by atomic mass is 32.1. The quantitative estimate of drug-likeness (QED) is 0.527. The van der Waals surface area contributed by atoms with Crippen molar-refractivity contribution in [2.45, 2.75) is 20.4 Å². The molecule has 4 aromatic rings. The molecule has 0 saturated heterocycles. The smallest absolute Gasteiger partial charge is 0.184 e. The van der Waals surface area contributed by atoms with Crippen LogP contribution in [0.15, 0.2) is 47.0 Å². The lowest BCUT2D eigenvalue weighted by atomic mass is 10.1. The van der Waals surface area contributed by atoms with Crippen LogP contribution in [0.2, 0.25) is 0 Å². The van der Waals surface area contributed by atoms with Crippen molar-refractivity contribution in [1.82, 2.24) is 10.1 Å². The van der Waals surface area contributed by atoms with E-state index in [-0.39, 0.29) is 0 Å². The second-order valence-electron chi connectivity index (χ2n) is 6.13. The SMILES string of the molecule is COc1ccc(-c2cc(CNc3nc4c(C)c(C)ccc4s3)on2)cc1. The summed E-state index contributed by atoms with van der Waals surface area (Å²) in [6.07, 6.45) is 0. The van der Waals surface area contributed by atoms with Crippen LogP contribution in [0.5, 0.6) is 5.75 Å². The molecule has 5 nitrogen and oxygen atoms in total. The average molecular weight is 365 g/mol. The van der Waals surface area contributed by atoms with Gasteiger partial charge in [-0.2, -0.15) is 0 Å². The van der Waals surface area contributed by atoms with Gasteiger partial charge in [0.15, 0.2) is 10.9 Å². The lowest BCUT2D eigenvalue weighted by Crippen LogP contribution is -1.97. The van der Waals surface area contributed by atoms with Gasteiger partial charge in [0, 0.05) is 11.6 Å². The van der Waals surface area contributed by atoms with Crippen molar-refractivity contribution >= 4 is 26.7 Å². The van der Waals surface area contributed by atoms with Gasteiger partial charge in [0.25, 0.3) is 0 Å². The third kappa shape index (κ3) is 3.15. The molecular weight excluding hydrogens is 346 g/mol. The van der Waals surface area contributed by atoms with Gasteiger partial charge in [-0.05, 0) is 55.3 Å². The van der Waals surface area contributed by atoms with E-state index in [1.807, 2.05) is 30.3 Å². The van der Waals surface area contributed by atoms with E-state index in [9.17, 15) is 0 Å². The van der Waals surface area contributed by atoms with Gasteiger partial charge in [-0.15, -0.1) is 0 Å². The van der Waals surface area contributed by atoms with Crippen LogP contribution in [0.4, 0.5) is 5.13 Å². The maximum absolute atomic E-state index is 5.45. The number of hydrogen-bond donors (Lipinski definition) is 1. The number of nitrogens with zero attached hydrogens (tertiary/aromatic N) is 2. The van der Waals surface area contributed by atoms with Crippen LogP contribution in [-0.2, 0) is 6.54 Å². The number of rotatable bonds is 5. The molecule has 0 aliphatic heterocycles. The zero-order valence-electron chi connectivity index (χ0n) is 14.9. The Labute approximate surface area is 155 Å². The topological polar surface area (TPSA) is 60.2 Å². The van der Waals surface area contributed by atoms with E-state index in [0.29, 0.717) is 6.54 Å². The third-order valence-corrected chi connectivity index (χ3v) is 5.42. The summed E-state index contributed by atoms with van der Waals surface area (Å²) in [6, 6.07) is 13.9. The van der Waals surface area contributed by atoms with Crippen molar-refractivity contribution in [2.75, 3.05) is 12.4 Å². The minimum atomic E-state index is 0.543. The Morgan fingerprint density at radius 1 is 1.12 bits per heavy atom. The monoisotopic (exact) mass is 365 g/mol. The van der Waals surface area contributed by atoms with Crippen molar-refractivity contribution in [2.24, 2.45) is 0 Å². The molecule has 2 heterocycles. The van der Waals surface area contributed by atoms with Gasteiger partial charge < -0.3 is 14.6 Å². The molecule has 0 atom stereocenters. The molecule has 0 radical (unpaired) electrons. The molecule has 0 fully saturated rings. The highest BCUT2D eigenvalue weighted by molar-refractivity contribution is 7.22. The van der Waals surface area contributed by atoms with Crippen LogP contribution >= 0.6 is 11.3 Å². The molecule has 0 aliphatic rings. The number of anilines is 1. The summed E-state index contributed by atoms with van der Waals surface area (Å²) in [5.74, 6) is 1.59. The van der Waals surface area contributed by atoms with Crippen LogP contribution in [0, 0.1) is 13.8 Å². The molecule has 132 valence electrons. The Morgan fingerprint density at radius 2 is 1.92 bits per heavy atom. The Hall–Kier alpha value is -2.86. The Bertz CT molecular complexity index is 1050. The second-order valence-corrected chi connectivity index (χ2v) is 7.16. The van der Waals surface area contributed by atoms with E-state index in [4.69, 9.17) is 14.2 Å². The summed E-state index contributed by atoms with van der Waals surface area (Å²) in [6.45, 7) is 4.76. The average Bonchev–Trinajstić information content (AvgIpc) is 3.30. The first kappa shape index (κ1) is 16.6. The van der Waals surface area contributed by atoms with Crippen molar-refractivity contribution in [3.63, 3.8) is 0 Å². The minimum absolute atomic E-state index is 0.543. The molecule has 0 bridgehead atoms. The van der Waals surface area contributed by atoms with Crippen LogP contribution in [-0.4, -0.2) is 17.3 Å². The predicted octanol–water partition coefficient (Wildman–Crippen LogP) is 5.19. The summed E-state index contributed by atoms with van der Waals surface area (Å²) in [5, 5.41) is 8.37. The van der Waals surface area contributed by atoms with E-state index in [2.05, 4.69) is 36.5 Å². The number of nitrogens with one attached hydrogen (secondary N) is 1. The van der Waals surface area contributed by atoms with Crippen LogP contribution < -0.4 is 10.1 Å². The van der Waals surface area contributed by atoms with Crippen molar-refractivity contribution in [3.05, 3.63) is 59.4 Å². The molecule has 4 rings (SSSR count). The zero-order valence-corrected chi connectivity index (χ0v) is 15.7. The third-order valence-electron chi connectivity index (χ3n) is 4.44. The summed E-state index contributed by atoms with van der Waals surface area (Å²) in [5.41, 5.74) is 5.35. The molecule has 26 heavy (non-hydrogen) atoms. The van der Waals surface area contributed by atoms with Crippen molar-refractivity contribution in [3.8, 4) is 17.0 Å². The van der Waals surface area contributed by atoms with Gasteiger partial charge in [0.1, 0.15) is 11.4 Å². The summed E-state index contributed by atoms with van der Waals surface area (Å²) >= 11 is 1.65. The summed E-state index contributed by atoms with van der Waals surface area (Å²) < 4.78 is 11.8. The standard InChI is InChI=1S/C20H19N3O2S/c1-12-4-9-18-19(13(12)2)22-20(26-18)21-11-16-10-17(23-25-16)14-5-7-15(24-3)8-6-14/h4-10H,11H2,1-3H3,(H,21,22). The van der Waals surface area contributed by atoms with Crippen LogP contribution in [0.1, 0.15) is 16.9 Å². The molecule has 2 aromatic heterocycles. The fraction of sp³-hybridized carbons (Fsp3) is 0.200. The lowest BCUT2D eigenvalue weighted by Gasteiger charge is -1.99. The molecule has 6 heteroatoms. The van der Waals surface area contributed by atoms with E-state index in [0.717, 1.165) is 33.4 Å². The molecule has 2 aromatic carbocycles. The Kier molecular flexibility index (Phi) is 4.34. The normalized spacial score (nSPS) is 11.0. The lowest BCUT2D eigenvalue weighted by molar-refractivity contribution is 0.390.